The van der Waals surface area contributed by atoms with E-state index in [9.17, 15) is 9.59 Å². The molecule has 0 spiro atoms. The molecule has 25 heavy (non-hydrogen) atoms. The van der Waals surface area contributed by atoms with E-state index in [1.165, 1.54) is 0 Å². The number of nitrogens with zero attached hydrogens (tertiary/aromatic N) is 1. The fourth-order valence-corrected chi connectivity index (χ4v) is 3.16. The normalized spacial score (nSPS) is 16.3. The molecule has 126 valence electrons. The number of benzene rings is 2. The van der Waals surface area contributed by atoms with E-state index in [2.05, 4.69) is 20.6 Å². The van der Waals surface area contributed by atoms with Crippen LogP contribution in [0.4, 0.5) is 11.6 Å². The van der Waals surface area contributed by atoms with Gasteiger partial charge in [-0.25, -0.2) is 4.98 Å². The minimum Gasteiger partial charge on any atom is -0.326 e. The summed E-state index contributed by atoms with van der Waals surface area (Å²) in [6.07, 6.45) is 1.45. The Morgan fingerprint density at radius 2 is 1.96 bits per heavy atom. The van der Waals surface area contributed by atoms with Crippen molar-refractivity contribution in [2.45, 2.75) is 19.3 Å². The van der Waals surface area contributed by atoms with Gasteiger partial charge in [-0.3, -0.25) is 14.9 Å². The van der Waals surface area contributed by atoms with E-state index < -0.39 is 0 Å². The van der Waals surface area contributed by atoms with Crippen molar-refractivity contribution >= 4 is 34.5 Å². The van der Waals surface area contributed by atoms with Crippen molar-refractivity contribution < 1.29 is 9.59 Å². The number of H-pyrrole nitrogens is 1. The second-order valence-electron chi connectivity index (χ2n) is 6.24. The summed E-state index contributed by atoms with van der Waals surface area (Å²) in [5, 5.41) is 5.68. The van der Waals surface area contributed by atoms with Gasteiger partial charge in [-0.15, -0.1) is 0 Å². The fraction of sp³-hybridized carbons (Fsp3) is 0.211. The summed E-state index contributed by atoms with van der Waals surface area (Å²) in [5.41, 5.74) is 3.67. The third-order valence-corrected chi connectivity index (χ3v) is 4.48. The Labute approximate surface area is 144 Å². The van der Waals surface area contributed by atoms with Gasteiger partial charge in [0.25, 0.3) is 0 Å². The Bertz CT molecular complexity index is 914. The van der Waals surface area contributed by atoms with Crippen LogP contribution in [0, 0.1) is 5.92 Å². The summed E-state index contributed by atoms with van der Waals surface area (Å²) >= 11 is 0. The largest absolute Gasteiger partial charge is 0.326 e. The second-order valence-corrected chi connectivity index (χ2v) is 6.24. The number of amides is 2. The van der Waals surface area contributed by atoms with E-state index in [-0.39, 0.29) is 24.2 Å². The molecule has 6 nitrogen and oxygen atoms in total. The Balaban J connectivity index is 1.36. The van der Waals surface area contributed by atoms with Crippen molar-refractivity contribution in [1.29, 1.82) is 0 Å². The molecule has 3 N–H and O–H groups in total. The van der Waals surface area contributed by atoms with Crippen molar-refractivity contribution in [2.24, 2.45) is 5.92 Å². The van der Waals surface area contributed by atoms with Gasteiger partial charge in [-0.05, 0) is 36.6 Å². The molecular formula is C19H18N4O2. The van der Waals surface area contributed by atoms with Crippen LogP contribution in [0.2, 0.25) is 0 Å². The molecule has 1 atom stereocenters. The zero-order valence-corrected chi connectivity index (χ0v) is 13.6. The lowest BCUT2D eigenvalue weighted by molar-refractivity contribution is -0.121. The zero-order valence-electron chi connectivity index (χ0n) is 13.6. The Hall–Kier alpha value is -3.15. The molecule has 0 unspecified atom stereocenters. The van der Waals surface area contributed by atoms with Crippen LogP contribution in [-0.4, -0.2) is 21.8 Å². The van der Waals surface area contributed by atoms with Crippen LogP contribution >= 0.6 is 0 Å². The SMILES string of the molecule is O=C(CC[C@H]1Cc2ccccc2NC1=O)Nc1nc2ccccc2[nH]1. The molecule has 0 fully saturated rings. The minimum atomic E-state index is -0.184. The van der Waals surface area contributed by atoms with Gasteiger partial charge in [0.05, 0.1) is 11.0 Å². The van der Waals surface area contributed by atoms with Gasteiger partial charge in [-0.2, -0.15) is 0 Å². The summed E-state index contributed by atoms with van der Waals surface area (Å²) in [6, 6.07) is 15.4. The van der Waals surface area contributed by atoms with Gasteiger partial charge in [0.15, 0.2) is 0 Å². The van der Waals surface area contributed by atoms with Crippen LogP contribution < -0.4 is 10.6 Å². The predicted octanol–water partition coefficient (Wildman–Crippen LogP) is 3.09. The first-order valence-corrected chi connectivity index (χ1v) is 8.32. The molecular weight excluding hydrogens is 316 g/mol. The van der Waals surface area contributed by atoms with Gasteiger partial charge < -0.3 is 10.3 Å². The van der Waals surface area contributed by atoms with Crippen LogP contribution in [0.5, 0.6) is 0 Å². The van der Waals surface area contributed by atoms with Crippen molar-refractivity contribution in [1.82, 2.24) is 9.97 Å². The molecule has 1 aliphatic heterocycles. The number of anilines is 2. The molecule has 0 aliphatic carbocycles. The highest BCUT2D eigenvalue weighted by Crippen LogP contribution is 2.27. The van der Waals surface area contributed by atoms with Crippen LogP contribution in [0.3, 0.4) is 0 Å². The molecule has 0 saturated carbocycles. The van der Waals surface area contributed by atoms with E-state index in [0.29, 0.717) is 18.8 Å². The zero-order chi connectivity index (χ0) is 17.2. The molecule has 2 heterocycles. The number of carbonyl (C=O) groups excluding carboxylic acids is 2. The van der Waals surface area contributed by atoms with Crippen LogP contribution in [-0.2, 0) is 16.0 Å². The maximum atomic E-state index is 12.2. The lowest BCUT2D eigenvalue weighted by Gasteiger charge is -2.24. The number of rotatable bonds is 4. The highest BCUT2D eigenvalue weighted by Gasteiger charge is 2.26. The average Bonchev–Trinajstić information content (AvgIpc) is 3.02. The van der Waals surface area contributed by atoms with Gasteiger partial charge >= 0.3 is 0 Å². The summed E-state index contributed by atoms with van der Waals surface area (Å²) in [4.78, 5) is 31.8. The summed E-state index contributed by atoms with van der Waals surface area (Å²) in [5.74, 6) is 0.0851. The molecule has 3 aromatic rings. The Morgan fingerprint density at radius 3 is 2.84 bits per heavy atom. The number of fused-ring (bicyclic) bond motifs is 2. The van der Waals surface area contributed by atoms with E-state index >= 15 is 0 Å². The maximum absolute atomic E-state index is 12.2. The molecule has 0 bridgehead atoms. The van der Waals surface area contributed by atoms with Crippen LogP contribution in [0.1, 0.15) is 18.4 Å². The standard InChI is InChI=1S/C19H18N4O2/c24-17(23-19-21-15-7-3-4-8-16(15)22-19)10-9-13-11-12-5-1-2-6-14(12)20-18(13)25/h1-8,13H,9-11H2,(H,20,25)(H2,21,22,23,24)/t13-/m0/s1. The molecule has 2 amide bonds. The monoisotopic (exact) mass is 334 g/mol. The lowest BCUT2D eigenvalue weighted by atomic mass is 9.89. The number of imidazole rings is 1. The van der Waals surface area contributed by atoms with Gasteiger partial charge in [0.1, 0.15) is 0 Å². The highest BCUT2D eigenvalue weighted by atomic mass is 16.2. The summed E-state index contributed by atoms with van der Waals surface area (Å²) in [7, 11) is 0. The first-order valence-electron chi connectivity index (χ1n) is 8.32. The number of hydrogen-bond acceptors (Lipinski definition) is 3. The number of aromatic amines is 1. The molecule has 1 aliphatic rings. The molecule has 0 radical (unpaired) electrons. The van der Waals surface area contributed by atoms with E-state index in [1.807, 2.05) is 48.5 Å². The smallest absolute Gasteiger partial charge is 0.227 e. The number of carbonyl (C=O) groups is 2. The van der Waals surface area contributed by atoms with Crippen molar-refractivity contribution in [2.75, 3.05) is 10.6 Å². The van der Waals surface area contributed by atoms with Crippen molar-refractivity contribution in [3.8, 4) is 0 Å². The van der Waals surface area contributed by atoms with Gasteiger partial charge in [-0.1, -0.05) is 30.3 Å². The molecule has 2 aromatic carbocycles. The average molecular weight is 334 g/mol. The topological polar surface area (TPSA) is 86.9 Å². The second kappa shape index (κ2) is 6.39. The summed E-state index contributed by atoms with van der Waals surface area (Å²) in [6.45, 7) is 0. The van der Waals surface area contributed by atoms with Gasteiger partial charge in [0.2, 0.25) is 17.8 Å². The summed E-state index contributed by atoms with van der Waals surface area (Å²) < 4.78 is 0. The van der Waals surface area contributed by atoms with E-state index in [1.54, 1.807) is 0 Å². The maximum Gasteiger partial charge on any atom is 0.227 e. The third kappa shape index (κ3) is 3.24. The lowest BCUT2D eigenvalue weighted by Crippen LogP contribution is -2.30. The Morgan fingerprint density at radius 1 is 1.16 bits per heavy atom. The fourth-order valence-electron chi connectivity index (χ4n) is 3.16. The predicted molar refractivity (Wildman–Crippen MR) is 96.2 cm³/mol. The van der Waals surface area contributed by atoms with Gasteiger partial charge in [0, 0.05) is 18.0 Å². The quantitative estimate of drug-likeness (QED) is 0.685. The highest BCUT2D eigenvalue weighted by molar-refractivity contribution is 5.96. The number of para-hydroxylation sites is 3. The van der Waals surface area contributed by atoms with Crippen LogP contribution in [0.15, 0.2) is 48.5 Å². The molecule has 4 rings (SSSR count). The van der Waals surface area contributed by atoms with E-state index in [4.69, 9.17) is 0 Å². The molecule has 1 aromatic heterocycles. The van der Waals surface area contributed by atoms with Crippen molar-refractivity contribution in [3.63, 3.8) is 0 Å². The molecule has 6 heteroatoms. The van der Waals surface area contributed by atoms with Crippen LogP contribution in [0.25, 0.3) is 11.0 Å². The third-order valence-electron chi connectivity index (χ3n) is 4.48. The number of aromatic nitrogens is 2. The van der Waals surface area contributed by atoms with E-state index in [0.717, 1.165) is 22.3 Å². The number of hydrogen-bond donors (Lipinski definition) is 3. The van der Waals surface area contributed by atoms with Crippen molar-refractivity contribution in [3.05, 3.63) is 54.1 Å². The first kappa shape index (κ1) is 15.4. The Kier molecular flexibility index (Phi) is 3.93. The first-order chi connectivity index (χ1) is 12.2. The molecule has 0 saturated heterocycles. The minimum absolute atomic E-state index is 0.0183. The number of nitrogens with one attached hydrogen (secondary N) is 3.